The lowest BCUT2D eigenvalue weighted by Crippen LogP contribution is -2.45. The lowest BCUT2D eigenvalue weighted by molar-refractivity contribution is 0.00691. The van der Waals surface area contributed by atoms with E-state index in [9.17, 15) is 22.8 Å². The van der Waals surface area contributed by atoms with E-state index in [0.29, 0.717) is 71.9 Å². The Labute approximate surface area is 351 Å². The Morgan fingerprint density at radius 3 is 2.00 bits per heavy atom. The molecule has 0 bridgehead atoms. The maximum absolute atomic E-state index is 14.5. The summed E-state index contributed by atoms with van der Waals surface area (Å²) in [6.07, 6.45) is 3.53. The number of anilines is 2. The fraction of sp³-hybridized carbons (Fsp3) is 0.391. The fourth-order valence-electron chi connectivity index (χ4n) is 7.89. The second-order valence-corrected chi connectivity index (χ2v) is 19.9. The molecule has 0 unspecified atom stereocenters. The molecule has 1 fully saturated rings. The smallest absolute Gasteiger partial charge is 0.420 e. The Kier molecular flexibility index (Phi) is 11.3. The summed E-state index contributed by atoms with van der Waals surface area (Å²) in [6, 6.07) is 22.1. The van der Waals surface area contributed by atoms with Crippen LogP contribution in [-0.2, 0) is 32.4 Å². The molecule has 0 spiro atoms. The number of rotatable bonds is 8. The van der Waals surface area contributed by atoms with Gasteiger partial charge in [-0.15, -0.1) is 0 Å². The number of sulfone groups is 1. The number of likely N-dealkylation sites (tertiary alicyclic amines) is 1. The molecule has 2 amide bonds. The highest BCUT2D eigenvalue weighted by molar-refractivity contribution is 7.91. The molecule has 5 aromatic rings. The van der Waals surface area contributed by atoms with E-state index < -0.39 is 33.1 Å². The van der Waals surface area contributed by atoms with Crippen molar-refractivity contribution in [1.29, 1.82) is 0 Å². The van der Waals surface area contributed by atoms with Crippen LogP contribution in [0.15, 0.2) is 79.0 Å². The number of pyridine rings is 1. The molecular weight excluding hydrogens is 783 g/mol. The minimum atomic E-state index is -3.08. The van der Waals surface area contributed by atoms with Crippen molar-refractivity contribution in [1.82, 2.24) is 14.5 Å². The SMILES string of the molecule is COc1ccc(-c2c(-c3ccc(CN4CCC(S(C)(=O)=O)CC4)cc3)n(C(=O)OC(C)(C)C)c3ncc4c(c23)CN(c2ccc(C(=O)OC(C)(C)C)cc2)C(=O)N4C)cc1. The summed E-state index contributed by atoms with van der Waals surface area (Å²) in [5.74, 6) is 0.198. The van der Waals surface area contributed by atoms with Gasteiger partial charge < -0.3 is 14.2 Å². The predicted octanol–water partition coefficient (Wildman–Crippen LogP) is 8.70. The molecule has 7 rings (SSSR count). The van der Waals surface area contributed by atoms with Crippen LogP contribution in [0.1, 0.15) is 75.9 Å². The number of aromatic nitrogens is 2. The first-order valence-electron chi connectivity index (χ1n) is 20.1. The Morgan fingerprint density at radius 1 is 0.833 bits per heavy atom. The number of carbonyl (C=O) groups is 3. The van der Waals surface area contributed by atoms with Crippen LogP contribution >= 0.6 is 0 Å². The topological polar surface area (TPSA) is 141 Å². The number of methoxy groups -OCH3 is 1. The monoisotopic (exact) mass is 835 g/mol. The van der Waals surface area contributed by atoms with Crippen LogP contribution in [0.3, 0.4) is 0 Å². The van der Waals surface area contributed by atoms with E-state index in [1.54, 1.807) is 54.4 Å². The van der Waals surface area contributed by atoms with Crippen molar-refractivity contribution in [2.75, 3.05) is 43.3 Å². The van der Waals surface area contributed by atoms with Gasteiger partial charge in [0.05, 0.1) is 42.0 Å². The zero-order chi connectivity index (χ0) is 43.3. The van der Waals surface area contributed by atoms with Crippen LogP contribution in [-0.4, -0.2) is 90.9 Å². The lowest BCUT2D eigenvalue weighted by Gasteiger charge is -2.35. The lowest BCUT2D eigenvalue weighted by atomic mass is 9.94. The van der Waals surface area contributed by atoms with Crippen molar-refractivity contribution in [3.63, 3.8) is 0 Å². The first kappa shape index (κ1) is 42.4. The van der Waals surface area contributed by atoms with Crippen molar-refractivity contribution >= 4 is 50.3 Å². The summed E-state index contributed by atoms with van der Waals surface area (Å²) in [7, 11) is 0.217. The molecular formula is C46H53N5O8S. The number of fused-ring (bicyclic) bond motifs is 3. The third-order valence-corrected chi connectivity index (χ3v) is 12.5. The van der Waals surface area contributed by atoms with Gasteiger partial charge in [-0.2, -0.15) is 0 Å². The first-order valence-corrected chi connectivity index (χ1v) is 22.0. The van der Waals surface area contributed by atoms with Crippen LogP contribution in [0.4, 0.5) is 21.0 Å². The highest BCUT2D eigenvalue weighted by Crippen LogP contribution is 2.46. The van der Waals surface area contributed by atoms with Gasteiger partial charge in [0.15, 0.2) is 5.65 Å². The first-order chi connectivity index (χ1) is 28.2. The fourth-order valence-corrected chi connectivity index (χ4v) is 8.96. The van der Waals surface area contributed by atoms with Crippen LogP contribution in [0.25, 0.3) is 33.4 Å². The number of carbonyl (C=O) groups excluding carboxylic acids is 3. The number of esters is 1. The molecule has 2 aromatic heterocycles. The molecule has 0 aliphatic carbocycles. The molecule has 0 atom stereocenters. The van der Waals surface area contributed by atoms with Crippen molar-refractivity contribution in [2.45, 2.75) is 83.9 Å². The maximum atomic E-state index is 14.5. The van der Waals surface area contributed by atoms with E-state index in [2.05, 4.69) is 4.90 Å². The van der Waals surface area contributed by atoms with Gasteiger partial charge in [0, 0.05) is 42.0 Å². The molecule has 0 radical (unpaired) electrons. The number of amides is 2. The molecule has 1 saturated heterocycles. The highest BCUT2D eigenvalue weighted by atomic mass is 32.2. The van der Waals surface area contributed by atoms with Gasteiger partial charge in [0.25, 0.3) is 0 Å². The van der Waals surface area contributed by atoms with E-state index in [4.69, 9.17) is 19.2 Å². The van der Waals surface area contributed by atoms with Crippen LogP contribution < -0.4 is 14.5 Å². The quantitative estimate of drug-likeness (QED) is 0.140. The molecule has 13 nitrogen and oxygen atoms in total. The van der Waals surface area contributed by atoms with Gasteiger partial charge in [0.1, 0.15) is 26.8 Å². The van der Waals surface area contributed by atoms with Crippen molar-refractivity contribution in [2.24, 2.45) is 0 Å². The van der Waals surface area contributed by atoms with Crippen molar-refractivity contribution < 1.29 is 37.0 Å². The molecule has 14 heteroatoms. The zero-order valence-corrected chi connectivity index (χ0v) is 36.6. The molecule has 0 saturated carbocycles. The zero-order valence-electron chi connectivity index (χ0n) is 35.7. The predicted molar refractivity (Wildman–Crippen MR) is 234 cm³/mol. The number of ether oxygens (including phenoxy) is 3. The Morgan fingerprint density at radius 2 is 1.43 bits per heavy atom. The van der Waals surface area contributed by atoms with E-state index in [1.807, 2.05) is 90.1 Å². The van der Waals surface area contributed by atoms with E-state index >= 15 is 0 Å². The van der Waals surface area contributed by atoms with Gasteiger partial charge in [-0.05, 0) is 121 Å². The Hall–Kier alpha value is -5.73. The number of urea groups is 1. The van der Waals surface area contributed by atoms with E-state index in [1.165, 1.54) is 10.8 Å². The second kappa shape index (κ2) is 16.0. The van der Waals surface area contributed by atoms with Gasteiger partial charge in [-0.25, -0.2) is 32.4 Å². The summed E-state index contributed by atoms with van der Waals surface area (Å²) in [4.78, 5) is 51.7. The summed E-state index contributed by atoms with van der Waals surface area (Å²) in [5.41, 5.74) is 5.04. The third-order valence-electron chi connectivity index (χ3n) is 10.8. The normalized spacial score (nSPS) is 15.6. The summed E-state index contributed by atoms with van der Waals surface area (Å²) < 4.78 is 43.0. The number of hydrogen-bond acceptors (Lipinski definition) is 10. The number of hydrogen-bond donors (Lipinski definition) is 0. The number of nitrogens with zero attached hydrogens (tertiary/aromatic N) is 5. The minimum Gasteiger partial charge on any atom is -0.497 e. The van der Waals surface area contributed by atoms with Crippen LogP contribution in [0, 0.1) is 0 Å². The molecule has 316 valence electrons. The van der Waals surface area contributed by atoms with Crippen molar-refractivity contribution in [3.05, 3.63) is 95.7 Å². The van der Waals surface area contributed by atoms with Gasteiger partial charge in [-0.3, -0.25) is 14.7 Å². The standard InChI is InChI=1S/C46H53N5O8S/c1-45(2,3)58-42(52)32-14-18-33(19-15-32)50-28-36-37(48(7)43(50)53)26-47-41-39(36)38(30-16-20-34(57-8)21-17-30)40(51(41)44(54)59-46(4,5)6)31-12-10-29(11-13-31)27-49-24-22-35(23-25-49)60(9,55)56/h10-21,26,35H,22-25,27-28H2,1-9H3. The Balaban J connectivity index is 1.37. The summed E-state index contributed by atoms with van der Waals surface area (Å²) in [5, 5.41) is 0.363. The van der Waals surface area contributed by atoms with E-state index in [0.717, 1.165) is 27.8 Å². The number of piperidine rings is 1. The average molecular weight is 836 g/mol. The van der Waals surface area contributed by atoms with Crippen molar-refractivity contribution in [3.8, 4) is 28.1 Å². The maximum Gasteiger partial charge on any atom is 0.420 e. The second-order valence-electron chi connectivity index (χ2n) is 17.6. The molecule has 2 aliphatic heterocycles. The molecule has 60 heavy (non-hydrogen) atoms. The van der Waals surface area contributed by atoms with Crippen LogP contribution in [0.2, 0.25) is 0 Å². The molecule has 2 aliphatic rings. The Bertz CT molecular complexity index is 2550. The summed E-state index contributed by atoms with van der Waals surface area (Å²) >= 11 is 0. The van der Waals surface area contributed by atoms with Crippen LogP contribution in [0.5, 0.6) is 5.75 Å². The summed E-state index contributed by atoms with van der Waals surface area (Å²) in [6.45, 7) is 13.0. The van der Waals surface area contributed by atoms with Gasteiger partial charge >= 0.3 is 18.1 Å². The van der Waals surface area contributed by atoms with Gasteiger partial charge in [-0.1, -0.05) is 36.4 Å². The third kappa shape index (κ3) is 8.76. The number of benzene rings is 3. The van der Waals surface area contributed by atoms with Gasteiger partial charge in [0.2, 0.25) is 0 Å². The minimum absolute atomic E-state index is 0.138. The molecule has 0 N–H and O–H groups in total. The molecule has 3 aromatic carbocycles. The largest absolute Gasteiger partial charge is 0.497 e. The average Bonchev–Trinajstić information content (AvgIpc) is 3.54. The highest BCUT2D eigenvalue weighted by Gasteiger charge is 2.36. The molecule has 4 heterocycles. The van der Waals surface area contributed by atoms with E-state index in [-0.39, 0.29) is 17.8 Å².